The van der Waals surface area contributed by atoms with Crippen molar-refractivity contribution in [3.05, 3.63) is 124 Å². The highest BCUT2D eigenvalue weighted by molar-refractivity contribution is 6.10. The third-order valence-corrected chi connectivity index (χ3v) is 8.85. The molecule has 1 N–H and O–H groups in total. The van der Waals surface area contributed by atoms with Crippen molar-refractivity contribution < 1.29 is 14.7 Å². The van der Waals surface area contributed by atoms with Gasteiger partial charge in [-0.25, -0.2) is 0 Å². The summed E-state index contributed by atoms with van der Waals surface area (Å²) in [5, 5.41) is 9.06. The van der Waals surface area contributed by atoms with Crippen LogP contribution in [-0.4, -0.2) is 28.0 Å². The van der Waals surface area contributed by atoms with E-state index in [1.807, 2.05) is 25.2 Å². The normalized spacial score (nSPS) is 11.5. The molecule has 0 bridgehead atoms. The molecule has 1 heterocycles. The number of hydrogen-bond donors (Lipinski definition) is 1. The molecule has 3 aromatic carbocycles. The van der Waals surface area contributed by atoms with Gasteiger partial charge in [-0.2, -0.15) is 0 Å². The van der Waals surface area contributed by atoms with Crippen molar-refractivity contribution in [2.75, 3.05) is 11.4 Å². The SMILES string of the molecule is CCc1c(C(=O)c2ccc(N(CC)C(c3ccc(CC(C)C)cc3)c3ccc(CC(C)C)cc3)cc2)cc(CCCC(=O)O)n1C. The number of ketones is 1. The number of anilines is 1. The average Bonchev–Trinajstić information content (AvgIpc) is 3.34. The van der Waals surface area contributed by atoms with Crippen molar-refractivity contribution in [2.24, 2.45) is 18.9 Å². The zero-order valence-corrected chi connectivity index (χ0v) is 28.8. The Hall–Kier alpha value is -4.12. The van der Waals surface area contributed by atoms with Gasteiger partial charge in [0.15, 0.2) is 5.78 Å². The van der Waals surface area contributed by atoms with Crippen molar-refractivity contribution in [3.8, 4) is 0 Å². The molecule has 4 aromatic rings. The highest BCUT2D eigenvalue weighted by Gasteiger charge is 2.24. The standard InChI is InChI=1S/C41H52N2O3/c1-8-38-37(27-36(42(38)7)11-10-12-39(44)45)41(46)34-21-23-35(24-22-34)43(9-2)40(32-17-13-30(14-18-32)25-28(3)4)33-19-15-31(16-20-33)26-29(5)6/h13-24,27-29,40H,8-12,25-26H2,1-7H3,(H,44,45). The molecule has 0 aliphatic heterocycles. The molecule has 0 radical (unpaired) electrons. The van der Waals surface area contributed by atoms with Crippen molar-refractivity contribution in [1.29, 1.82) is 0 Å². The Bertz CT molecular complexity index is 1530. The molecule has 0 spiro atoms. The van der Waals surface area contributed by atoms with Crippen LogP contribution in [-0.2, 0) is 37.5 Å². The zero-order valence-electron chi connectivity index (χ0n) is 28.8. The van der Waals surface area contributed by atoms with Gasteiger partial charge in [0.25, 0.3) is 0 Å². The fraction of sp³-hybridized carbons (Fsp3) is 0.415. The second-order valence-corrected chi connectivity index (χ2v) is 13.4. The zero-order chi connectivity index (χ0) is 33.4. The molecule has 5 nitrogen and oxygen atoms in total. The summed E-state index contributed by atoms with van der Waals surface area (Å²) in [4.78, 5) is 27.2. The van der Waals surface area contributed by atoms with Gasteiger partial charge in [0.05, 0.1) is 6.04 Å². The van der Waals surface area contributed by atoms with E-state index in [1.54, 1.807) is 0 Å². The quantitative estimate of drug-likeness (QED) is 0.127. The third kappa shape index (κ3) is 8.57. The fourth-order valence-electron chi connectivity index (χ4n) is 6.63. The third-order valence-electron chi connectivity index (χ3n) is 8.85. The predicted octanol–water partition coefficient (Wildman–Crippen LogP) is 9.24. The fourth-order valence-corrected chi connectivity index (χ4v) is 6.63. The van der Waals surface area contributed by atoms with Gasteiger partial charge in [-0.15, -0.1) is 0 Å². The van der Waals surface area contributed by atoms with Gasteiger partial charge >= 0.3 is 5.97 Å². The second-order valence-electron chi connectivity index (χ2n) is 13.4. The first kappa shape index (κ1) is 34.7. The van der Waals surface area contributed by atoms with E-state index in [9.17, 15) is 9.59 Å². The summed E-state index contributed by atoms with van der Waals surface area (Å²) >= 11 is 0. The monoisotopic (exact) mass is 620 g/mol. The van der Waals surface area contributed by atoms with Crippen LogP contribution in [0.4, 0.5) is 5.69 Å². The van der Waals surface area contributed by atoms with Crippen LogP contribution in [0, 0.1) is 11.8 Å². The maximum atomic E-state index is 13.8. The predicted molar refractivity (Wildman–Crippen MR) is 190 cm³/mol. The maximum Gasteiger partial charge on any atom is 0.303 e. The molecular weight excluding hydrogens is 568 g/mol. The van der Waals surface area contributed by atoms with E-state index >= 15 is 0 Å². The highest BCUT2D eigenvalue weighted by Crippen LogP contribution is 2.34. The molecule has 0 saturated heterocycles. The molecular formula is C41H52N2O3. The smallest absolute Gasteiger partial charge is 0.303 e. The van der Waals surface area contributed by atoms with E-state index in [2.05, 4.69) is 112 Å². The summed E-state index contributed by atoms with van der Waals surface area (Å²) in [6.45, 7) is 14.1. The number of aryl methyl sites for hydroxylation is 1. The number of nitrogens with zero attached hydrogens (tertiary/aromatic N) is 2. The summed E-state index contributed by atoms with van der Waals surface area (Å²) in [5.41, 5.74) is 9.62. The number of carboxylic acids is 1. The van der Waals surface area contributed by atoms with Crippen LogP contribution in [0.3, 0.4) is 0 Å². The molecule has 0 saturated carbocycles. The van der Waals surface area contributed by atoms with Gasteiger partial charge < -0.3 is 14.6 Å². The lowest BCUT2D eigenvalue weighted by atomic mass is 9.92. The van der Waals surface area contributed by atoms with Crippen molar-refractivity contribution >= 4 is 17.4 Å². The first-order chi connectivity index (χ1) is 22.0. The van der Waals surface area contributed by atoms with Crippen LogP contribution >= 0.6 is 0 Å². The van der Waals surface area contributed by atoms with E-state index < -0.39 is 5.97 Å². The molecule has 0 unspecified atom stereocenters. The molecule has 0 aliphatic carbocycles. The first-order valence-corrected chi connectivity index (χ1v) is 17.0. The summed E-state index contributed by atoms with van der Waals surface area (Å²) in [5.74, 6) is 0.424. The van der Waals surface area contributed by atoms with Crippen LogP contribution in [0.2, 0.25) is 0 Å². The molecule has 0 fully saturated rings. The molecule has 4 rings (SSSR count). The number of carbonyl (C=O) groups is 2. The lowest BCUT2D eigenvalue weighted by Crippen LogP contribution is -2.29. The lowest BCUT2D eigenvalue weighted by molar-refractivity contribution is -0.137. The molecule has 244 valence electrons. The van der Waals surface area contributed by atoms with Gasteiger partial charge in [0, 0.05) is 48.2 Å². The van der Waals surface area contributed by atoms with Crippen LogP contribution in [0.15, 0.2) is 78.9 Å². The Morgan fingerprint density at radius 1 is 0.783 bits per heavy atom. The molecule has 0 amide bonds. The molecule has 1 aromatic heterocycles. The highest BCUT2D eigenvalue weighted by atomic mass is 16.4. The lowest BCUT2D eigenvalue weighted by Gasteiger charge is -2.34. The second kappa shape index (κ2) is 15.9. The summed E-state index contributed by atoms with van der Waals surface area (Å²) < 4.78 is 2.06. The molecule has 0 aliphatic rings. The van der Waals surface area contributed by atoms with Crippen LogP contribution in [0.5, 0.6) is 0 Å². The first-order valence-electron chi connectivity index (χ1n) is 17.0. The van der Waals surface area contributed by atoms with Gasteiger partial charge in [-0.3, -0.25) is 9.59 Å². The molecule has 0 atom stereocenters. The van der Waals surface area contributed by atoms with Crippen molar-refractivity contribution in [2.45, 2.75) is 86.1 Å². The van der Waals surface area contributed by atoms with E-state index in [4.69, 9.17) is 5.11 Å². The number of rotatable bonds is 16. The molecule has 5 heteroatoms. The van der Waals surface area contributed by atoms with E-state index in [-0.39, 0.29) is 18.2 Å². The van der Waals surface area contributed by atoms with Crippen LogP contribution in [0.25, 0.3) is 0 Å². The van der Waals surface area contributed by atoms with Gasteiger partial charge in [0.2, 0.25) is 0 Å². The van der Waals surface area contributed by atoms with Crippen molar-refractivity contribution in [3.63, 3.8) is 0 Å². The van der Waals surface area contributed by atoms with E-state index in [0.717, 1.165) is 42.9 Å². The minimum absolute atomic E-state index is 0.00423. The van der Waals surface area contributed by atoms with Gasteiger partial charge in [-0.1, -0.05) is 83.1 Å². The van der Waals surface area contributed by atoms with Gasteiger partial charge in [-0.05, 0) is 103 Å². The van der Waals surface area contributed by atoms with E-state index in [0.29, 0.717) is 35.8 Å². The average molecular weight is 621 g/mol. The summed E-state index contributed by atoms with van der Waals surface area (Å²) in [6.07, 6.45) is 4.15. The Balaban J connectivity index is 1.66. The molecule has 46 heavy (non-hydrogen) atoms. The summed E-state index contributed by atoms with van der Waals surface area (Å²) in [7, 11) is 1.97. The van der Waals surface area contributed by atoms with E-state index in [1.165, 1.54) is 22.3 Å². The Labute approximate surface area is 276 Å². The van der Waals surface area contributed by atoms with Crippen LogP contribution in [0.1, 0.15) is 110 Å². The maximum absolute atomic E-state index is 13.8. The number of hydrogen-bond acceptors (Lipinski definition) is 3. The minimum Gasteiger partial charge on any atom is -0.481 e. The number of carbonyl (C=O) groups excluding carboxylic acids is 1. The number of carboxylic acid groups (broad SMARTS) is 1. The summed E-state index contributed by atoms with van der Waals surface area (Å²) in [6, 6.07) is 28.2. The largest absolute Gasteiger partial charge is 0.481 e. The van der Waals surface area contributed by atoms with Crippen LogP contribution < -0.4 is 4.90 Å². The Morgan fingerprint density at radius 2 is 1.30 bits per heavy atom. The Kier molecular flexibility index (Phi) is 12.0. The Morgan fingerprint density at radius 3 is 1.74 bits per heavy atom. The van der Waals surface area contributed by atoms with Crippen molar-refractivity contribution in [1.82, 2.24) is 4.57 Å². The van der Waals surface area contributed by atoms with Gasteiger partial charge in [0.1, 0.15) is 0 Å². The topological polar surface area (TPSA) is 62.5 Å². The minimum atomic E-state index is -0.795. The number of aromatic nitrogens is 1. The number of benzene rings is 3. The number of aliphatic carboxylic acids is 1.